The van der Waals surface area contributed by atoms with E-state index in [-0.39, 0.29) is 12.0 Å². The van der Waals surface area contributed by atoms with Gasteiger partial charge in [0.15, 0.2) is 0 Å². The molecular formula is C13H24N2O3. The van der Waals surface area contributed by atoms with Gasteiger partial charge in [-0.05, 0) is 12.8 Å². The summed E-state index contributed by atoms with van der Waals surface area (Å²) in [5, 5.41) is 0. The summed E-state index contributed by atoms with van der Waals surface area (Å²) in [5.41, 5.74) is 5.66. The van der Waals surface area contributed by atoms with Crippen LogP contribution >= 0.6 is 0 Å². The van der Waals surface area contributed by atoms with Crippen LogP contribution in [0.1, 0.15) is 32.1 Å². The molecule has 2 rings (SSSR count). The van der Waals surface area contributed by atoms with Gasteiger partial charge in [0.25, 0.3) is 0 Å². The molecule has 0 aromatic heterocycles. The molecule has 1 unspecified atom stereocenters. The first kappa shape index (κ1) is 13.8. The van der Waals surface area contributed by atoms with E-state index in [9.17, 15) is 4.79 Å². The Balaban J connectivity index is 1.95. The standard InChI is InChI=1S/C13H24N2O3/c1-17-10-11-9-15(7-8-18-11)12(16)13(14)5-3-2-4-6-13/h11H,2-10,14H2,1H3. The first-order valence-corrected chi connectivity index (χ1v) is 6.84. The number of amides is 1. The average molecular weight is 256 g/mol. The number of morpholine rings is 1. The Morgan fingerprint density at radius 1 is 1.44 bits per heavy atom. The van der Waals surface area contributed by atoms with Crippen molar-refractivity contribution in [2.45, 2.75) is 43.7 Å². The Morgan fingerprint density at radius 3 is 2.83 bits per heavy atom. The number of hydrogen-bond donors (Lipinski definition) is 1. The highest BCUT2D eigenvalue weighted by molar-refractivity contribution is 5.86. The van der Waals surface area contributed by atoms with Crippen molar-refractivity contribution in [3.8, 4) is 0 Å². The summed E-state index contributed by atoms with van der Waals surface area (Å²) >= 11 is 0. The molecule has 5 nitrogen and oxygen atoms in total. The maximum absolute atomic E-state index is 12.5. The fraction of sp³-hybridized carbons (Fsp3) is 0.923. The van der Waals surface area contributed by atoms with Gasteiger partial charge in [-0.25, -0.2) is 0 Å². The lowest BCUT2D eigenvalue weighted by Crippen LogP contribution is -2.59. The largest absolute Gasteiger partial charge is 0.382 e. The SMILES string of the molecule is COCC1CN(C(=O)C2(N)CCCCC2)CCO1. The third kappa shape index (κ3) is 3.02. The van der Waals surface area contributed by atoms with E-state index in [2.05, 4.69) is 0 Å². The fourth-order valence-electron chi connectivity index (χ4n) is 2.90. The Bertz CT molecular complexity index is 288. The summed E-state index contributed by atoms with van der Waals surface area (Å²) in [4.78, 5) is 14.4. The molecule has 0 aromatic rings. The molecule has 1 atom stereocenters. The minimum Gasteiger partial charge on any atom is -0.382 e. The Hall–Kier alpha value is -0.650. The molecule has 1 heterocycles. The third-order valence-electron chi connectivity index (χ3n) is 3.95. The van der Waals surface area contributed by atoms with E-state index in [1.165, 1.54) is 6.42 Å². The first-order chi connectivity index (χ1) is 8.65. The molecule has 1 aliphatic heterocycles. The van der Waals surface area contributed by atoms with Gasteiger partial charge in [-0.2, -0.15) is 0 Å². The lowest BCUT2D eigenvalue weighted by Gasteiger charge is -2.40. The van der Waals surface area contributed by atoms with Gasteiger partial charge in [0.1, 0.15) is 0 Å². The highest BCUT2D eigenvalue weighted by Crippen LogP contribution is 2.28. The van der Waals surface area contributed by atoms with Crippen LogP contribution < -0.4 is 5.73 Å². The molecule has 0 spiro atoms. The van der Waals surface area contributed by atoms with Gasteiger partial charge in [-0.1, -0.05) is 19.3 Å². The lowest BCUT2D eigenvalue weighted by molar-refractivity contribution is -0.147. The number of carbonyl (C=O) groups excluding carboxylic acids is 1. The van der Waals surface area contributed by atoms with E-state index in [0.29, 0.717) is 26.3 Å². The van der Waals surface area contributed by atoms with Crippen LogP contribution in [-0.2, 0) is 14.3 Å². The van der Waals surface area contributed by atoms with E-state index < -0.39 is 5.54 Å². The van der Waals surface area contributed by atoms with Crippen molar-refractivity contribution in [1.82, 2.24) is 4.90 Å². The zero-order valence-corrected chi connectivity index (χ0v) is 11.2. The van der Waals surface area contributed by atoms with Gasteiger partial charge in [0, 0.05) is 20.2 Å². The maximum atomic E-state index is 12.5. The smallest absolute Gasteiger partial charge is 0.242 e. The molecule has 18 heavy (non-hydrogen) atoms. The van der Waals surface area contributed by atoms with Crippen LogP contribution in [0.25, 0.3) is 0 Å². The molecule has 2 N–H and O–H groups in total. The van der Waals surface area contributed by atoms with Crippen LogP contribution in [0.15, 0.2) is 0 Å². The molecule has 1 aliphatic carbocycles. The Kier molecular flexibility index (Phi) is 4.59. The fourth-order valence-corrected chi connectivity index (χ4v) is 2.90. The number of carbonyl (C=O) groups is 1. The summed E-state index contributed by atoms with van der Waals surface area (Å²) in [5.74, 6) is 0.103. The van der Waals surface area contributed by atoms with Gasteiger partial charge in [0.2, 0.25) is 5.91 Å². The molecule has 2 fully saturated rings. The van der Waals surface area contributed by atoms with Crippen molar-refractivity contribution in [3.63, 3.8) is 0 Å². The van der Waals surface area contributed by atoms with E-state index in [0.717, 1.165) is 25.7 Å². The van der Waals surface area contributed by atoms with Crippen molar-refractivity contribution in [2.75, 3.05) is 33.4 Å². The Morgan fingerprint density at radius 2 is 2.17 bits per heavy atom. The predicted octanol–water partition coefficient (Wildman–Crippen LogP) is 0.522. The summed E-state index contributed by atoms with van der Waals surface area (Å²) < 4.78 is 10.6. The first-order valence-electron chi connectivity index (χ1n) is 6.84. The number of ether oxygens (including phenoxy) is 2. The second-order valence-corrected chi connectivity index (χ2v) is 5.42. The van der Waals surface area contributed by atoms with Crippen molar-refractivity contribution in [1.29, 1.82) is 0 Å². The molecule has 0 aromatic carbocycles. The van der Waals surface area contributed by atoms with Gasteiger partial charge < -0.3 is 20.1 Å². The molecule has 1 amide bonds. The van der Waals surface area contributed by atoms with Gasteiger partial charge in [-0.3, -0.25) is 4.79 Å². The van der Waals surface area contributed by atoms with Crippen LogP contribution in [0.5, 0.6) is 0 Å². The van der Waals surface area contributed by atoms with Crippen molar-refractivity contribution in [3.05, 3.63) is 0 Å². The second-order valence-electron chi connectivity index (χ2n) is 5.42. The average Bonchev–Trinajstić information content (AvgIpc) is 2.39. The summed E-state index contributed by atoms with van der Waals surface area (Å²) in [6.45, 7) is 2.36. The van der Waals surface area contributed by atoms with E-state index in [4.69, 9.17) is 15.2 Å². The molecule has 5 heteroatoms. The minimum atomic E-state index is -0.632. The number of nitrogens with zero attached hydrogens (tertiary/aromatic N) is 1. The second kappa shape index (κ2) is 5.99. The molecule has 0 radical (unpaired) electrons. The normalized spacial score (nSPS) is 28.1. The van der Waals surface area contributed by atoms with E-state index in [1.807, 2.05) is 4.90 Å². The summed E-state index contributed by atoms with van der Waals surface area (Å²) in [7, 11) is 1.65. The molecule has 1 saturated carbocycles. The molecule has 0 bridgehead atoms. The number of nitrogens with two attached hydrogens (primary N) is 1. The number of hydrogen-bond acceptors (Lipinski definition) is 4. The van der Waals surface area contributed by atoms with Crippen molar-refractivity contribution >= 4 is 5.91 Å². The maximum Gasteiger partial charge on any atom is 0.242 e. The van der Waals surface area contributed by atoms with Crippen LogP contribution in [0, 0.1) is 0 Å². The number of rotatable bonds is 3. The zero-order valence-electron chi connectivity index (χ0n) is 11.2. The van der Waals surface area contributed by atoms with Gasteiger partial charge >= 0.3 is 0 Å². The van der Waals surface area contributed by atoms with Crippen molar-refractivity contribution in [2.24, 2.45) is 5.73 Å². The molecule has 1 saturated heterocycles. The molecular weight excluding hydrogens is 232 g/mol. The van der Waals surface area contributed by atoms with Gasteiger partial charge in [-0.15, -0.1) is 0 Å². The monoisotopic (exact) mass is 256 g/mol. The van der Waals surface area contributed by atoms with E-state index in [1.54, 1.807) is 7.11 Å². The van der Waals surface area contributed by atoms with Crippen LogP contribution in [0.4, 0.5) is 0 Å². The Labute approximate surface area is 109 Å². The van der Waals surface area contributed by atoms with Gasteiger partial charge in [0.05, 0.1) is 24.9 Å². The topological polar surface area (TPSA) is 64.8 Å². The third-order valence-corrected chi connectivity index (χ3v) is 3.95. The van der Waals surface area contributed by atoms with Crippen LogP contribution in [-0.4, -0.2) is 55.9 Å². The number of methoxy groups -OCH3 is 1. The predicted molar refractivity (Wildman–Crippen MR) is 68.2 cm³/mol. The highest BCUT2D eigenvalue weighted by Gasteiger charge is 2.39. The summed E-state index contributed by atoms with van der Waals surface area (Å²) in [6, 6.07) is 0. The van der Waals surface area contributed by atoms with Crippen LogP contribution in [0.3, 0.4) is 0 Å². The highest BCUT2D eigenvalue weighted by atomic mass is 16.5. The minimum absolute atomic E-state index is 0.0140. The van der Waals surface area contributed by atoms with Crippen LogP contribution in [0.2, 0.25) is 0 Å². The quantitative estimate of drug-likeness (QED) is 0.799. The van der Waals surface area contributed by atoms with Crippen molar-refractivity contribution < 1.29 is 14.3 Å². The molecule has 104 valence electrons. The van der Waals surface area contributed by atoms with E-state index >= 15 is 0 Å². The summed E-state index contributed by atoms with van der Waals surface area (Å²) in [6.07, 6.45) is 4.94. The lowest BCUT2D eigenvalue weighted by atomic mass is 9.81. The zero-order chi connectivity index (χ0) is 13.0. The molecule has 2 aliphatic rings.